The van der Waals surface area contributed by atoms with Crippen molar-refractivity contribution in [2.24, 2.45) is 11.8 Å². The van der Waals surface area contributed by atoms with Crippen LogP contribution in [0.5, 0.6) is 11.5 Å². The minimum atomic E-state index is -1.44. The molecular weight excluding hydrogens is 466 g/mol. The Morgan fingerprint density at radius 1 is 1.08 bits per heavy atom. The van der Waals surface area contributed by atoms with E-state index < -0.39 is 47.1 Å². The lowest BCUT2D eigenvalue weighted by molar-refractivity contribution is -0.144. The van der Waals surface area contributed by atoms with Gasteiger partial charge in [-0.05, 0) is 42.2 Å². The Balaban J connectivity index is 1.41. The molecular formula is C26H25N3O7. The summed E-state index contributed by atoms with van der Waals surface area (Å²) in [5.41, 5.74) is 1.47. The van der Waals surface area contributed by atoms with Crippen LogP contribution < -0.4 is 20.1 Å². The number of likely N-dealkylation sites (tertiary alicyclic amines) is 1. The summed E-state index contributed by atoms with van der Waals surface area (Å²) < 4.78 is 10.8. The second kappa shape index (κ2) is 8.06. The van der Waals surface area contributed by atoms with E-state index in [0.29, 0.717) is 28.3 Å². The standard InChI is InChI=1S/C26H25N3O7/c1-2-13-3-5-16-15(9-13)26(25(34)27-16)22-21(17(28-26)6-8-20(30)31)23(32)29(24(22)33)11-14-4-7-18-19(10-14)36-12-35-18/h3-5,7,9-10,17,21-22,28H,2,6,8,11-12H2,1H3,(H,27,34)(H,30,31)/t17?,21-,22+,26?/m1/s1. The van der Waals surface area contributed by atoms with E-state index in [1.807, 2.05) is 25.1 Å². The van der Waals surface area contributed by atoms with E-state index in [1.165, 1.54) is 4.90 Å². The molecule has 4 aliphatic heterocycles. The van der Waals surface area contributed by atoms with Gasteiger partial charge in [0.15, 0.2) is 11.5 Å². The SMILES string of the molecule is CCc1ccc2c(c1)C1(NC(CCC(=O)O)[C@H]3C(=O)N(Cc4ccc5c(c4)OCO5)C(=O)[C@H]31)C(=O)N2. The first-order valence-corrected chi connectivity index (χ1v) is 12.0. The Labute approximate surface area is 206 Å². The van der Waals surface area contributed by atoms with Crippen LogP contribution in [-0.2, 0) is 37.7 Å². The molecule has 10 nitrogen and oxygen atoms in total. The van der Waals surface area contributed by atoms with Crippen molar-refractivity contribution < 1.29 is 33.8 Å². The van der Waals surface area contributed by atoms with Gasteiger partial charge in [-0.15, -0.1) is 0 Å². The minimum Gasteiger partial charge on any atom is -0.481 e. The van der Waals surface area contributed by atoms with E-state index in [2.05, 4.69) is 10.6 Å². The molecule has 4 aliphatic rings. The van der Waals surface area contributed by atoms with Crippen molar-refractivity contribution in [3.05, 3.63) is 53.1 Å². The molecule has 2 aromatic carbocycles. The lowest BCUT2D eigenvalue weighted by atomic mass is 9.76. The summed E-state index contributed by atoms with van der Waals surface area (Å²) in [6, 6.07) is 10.2. The quantitative estimate of drug-likeness (QED) is 0.521. The van der Waals surface area contributed by atoms with Gasteiger partial charge < -0.3 is 19.9 Å². The van der Waals surface area contributed by atoms with Crippen LogP contribution in [0.1, 0.15) is 36.5 Å². The van der Waals surface area contributed by atoms with Gasteiger partial charge in [0.2, 0.25) is 24.5 Å². The molecule has 0 radical (unpaired) electrons. The minimum absolute atomic E-state index is 0.0204. The fraction of sp³-hybridized carbons (Fsp3) is 0.385. The highest BCUT2D eigenvalue weighted by atomic mass is 16.7. The molecule has 186 valence electrons. The summed E-state index contributed by atoms with van der Waals surface area (Å²) in [5.74, 6) is -2.96. The number of imide groups is 1. The summed E-state index contributed by atoms with van der Waals surface area (Å²) in [6.07, 6.45) is 0.659. The first-order valence-electron chi connectivity index (χ1n) is 12.0. The first kappa shape index (κ1) is 22.5. The molecule has 2 saturated heterocycles. The molecule has 3 N–H and O–H groups in total. The lowest BCUT2D eigenvalue weighted by Crippen LogP contribution is -2.53. The average Bonchev–Trinajstić information content (AvgIpc) is 3.59. The van der Waals surface area contributed by atoms with E-state index in [1.54, 1.807) is 18.2 Å². The predicted molar refractivity (Wildman–Crippen MR) is 125 cm³/mol. The van der Waals surface area contributed by atoms with Gasteiger partial charge in [-0.1, -0.05) is 25.1 Å². The van der Waals surface area contributed by atoms with Crippen LogP contribution in [0.3, 0.4) is 0 Å². The van der Waals surface area contributed by atoms with Gasteiger partial charge in [0.05, 0.1) is 18.4 Å². The second-order valence-corrected chi connectivity index (χ2v) is 9.63. The molecule has 4 heterocycles. The average molecular weight is 492 g/mol. The van der Waals surface area contributed by atoms with Crippen LogP contribution in [0.15, 0.2) is 36.4 Å². The van der Waals surface area contributed by atoms with Crippen LogP contribution in [0, 0.1) is 11.8 Å². The highest BCUT2D eigenvalue weighted by Gasteiger charge is 2.70. The van der Waals surface area contributed by atoms with Crippen LogP contribution in [0.2, 0.25) is 0 Å². The molecule has 0 saturated carbocycles. The zero-order chi connectivity index (χ0) is 25.2. The summed E-state index contributed by atoms with van der Waals surface area (Å²) in [4.78, 5) is 53.7. The molecule has 0 bridgehead atoms. The molecule has 2 unspecified atom stereocenters. The van der Waals surface area contributed by atoms with Gasteiger partial charge in [0, 0.05) is 23.7 Å². The fourth-order valence-electron chi connectivity index (χ4n) is 6.03. The van der Waals surface area contributed by atoms with Crippen molar-refractivity contribution >= 4 is 29.4 Å². The van der Waals surface area contributed by atoms with Gasteiger partial charge in [0.25, 0.3) is 0 Å². The zero-order valence-corrected chi connectivity index (χ0v) is 19.6. The number of benzene rings is 2. The normalized spacial score (nSPS) is 27.5. The Morgan fingerprint density at radius 3 is 2.64 bits per heavy atom. The number of nitrogens with zero attached hydrogens (tertiary/aromatic N) is 1. The third-order valence-electron chi connectivity index (χ3n) is 7.73. The molecule has 0 aromatic heterocycles. The number of aryl methyl sites for hydroxylation is 1. The van der Waals surface area contributed by atoms with Crippen molar-refractivity contribution in [3.8, 4) is 11.5 Å². The zero-order valence-electron chi connectivity index (χ0n) is 19.6. The number of hydrogen-bond acceptors (Lipinski definition) is 7. The maximum Gasteiger partial charge on any atom is 0.303 e. The number of rotatable bonds is 6. The third kappa shape index (κ3) is 3.13. The number of ether oxygens (including phenoxy) is 2. The van der Waals surface area contributed by atoms with Crippen molar-refractivity contribution in [1.82, 2.24) is 10.2 Å². The number of carbonyl (C=O) groups is 4. The second-order valence-electron chi connectivity index (χ2n) is 9.63. The van der Waals surface area contributed by atoms with E-state index in [4.69, 9.17) is 9.47 Å². The van der Waals surface area contributed by atoms with Crippen LogP contribution in [-0.4, -0.2) is 46.5 Å². The molecule has 36 heavy (non-hydrogen) atoms. The smallest absolute Gasteiger partial charge is 0.303 e. The number of anilines is 1. The lowest BCUT2D eigenvalue weighted by Gasteiger charge is -2.29. The van der Waals surface area contributed by atoms with E-state index in [0.717, 1.165) is 12.0 Å². The number of carboxylic acid groups (broad SMARTS) is 1. The summed E-state index contributed by atoms with van der Waals surface area (Å²) in [6.45, 7) is 2.13. The predicted octanol–water partition coefficient (Wildman–Crippen LogP) is 1.76. The van der Waals surface area contributed by atoms with Crippen LogP contribution in [0.4, 0.5) is 5.69 Å². The highest BCUT2D eigenvalue weighted by molar-refractivity contribution is 6.15. The fourth-order valence-corrected chi connectivity index (χ4v) is 6.03. The number of aliphatic carboxylic acids is 1. The number of fused-ring (bicyclic) bond motifs is 5. The maximum absolute atomic E-state index is 13.9. The molecule has 1 spiro atoms. The molecule has 2 aromatic rings. The molecule has 6 rings (SSSR count). The van der Waals surface area contributed by atoms with E-state index in [-0.39, 0.29) is 26.2 Å². The monoisotopic (exact) mass is 491 g/mol. The summed E-state index contributed by atoms with van der Waals surface area (Å²) in [5, 5.41) is 15.5. The Hall–Kier alpha value is -3.92. The Bertz CT molecular complexity index is 1320. The molecule has 10 heteroatoms. The number of nitrogens with one attached hydrogen (secondary N) is 2. The first-order chi connectivity index (χ1) is 17.3. The Morgan fingerprint density at radius 2 is 1.86 bits per heavy atom. The van der Waals surface area contributed by atoms with Gasteiger partial charge in [-0.2, -0.15) is 0 Å². The van der Waals surface area contributed by atoms with Crippen molar-refractivity contribution in [1.29, 1.82) is 0 Å². The number of carboxylic acids is 1. The maximum atomic E-state index is 13.9. The van der Waals surface area contributed by atoms with E-state index >= 15 is 0 Å². The van der Waals surface area contributed by atoms with Gasteiger partial charge in [-0.25, -0.2) is 0 Å². The van der Waals surface area contributed by atoms with Crippen molar-refractivity contribution in [2.45, 2.75) is 44.3 Å². The summed E-state index contributed by atoms with van der Waals surface area (Å²) in [7, 11) is 0. The number of amides is 3. The van der Waals surface area contributed by atoms with Gasteiger partial charge in [0.1, 0.15) is 5.54 Å². The summed E-state index contributed by atoms with van der Waals surface area (Å²) >= 11 is 0. The molecule has 2 fully saturated rings. The van der Waals surface area contributed by atoms with Crippen LogP contribution in [0.25, 0.3) is 0 Å². The number of hydrogen-bond donors (Lipinski definition) is 3. The van der Waals surface area contributed by atoms with Crippen LogP contribution >= 0.6 is 0 Å². The highest BCUT2D eigenvalue weighted by Crippen LogP contribution is 2.54. The molecule has 3 amide bonds. The third-order valence-corrected chi connectivity index (χ3v) is 7.73. The largest absolute Gasteiger partial charge is 0.481 e. The van der Waals surface area contributed by atoms with E-state index in [9.17, 15) is 24.3 Å². The molecule has 0 aliphatic carbocycles. The van der Waals surface area contributed by atoms with Crippen molar-refractivity contribution in [3.63, 3.8) is 0 Å². The van der Waals surface area contributed by atoms with Gasteiger partial charge in [-0.3, -0.25) is 29.4 Å². The molecule has 4 atom stereocenters. The van der Waals surface area contributed by atoms with Crippen molar-refractivity contribution in [2.75, 3.05) is 12.1 Å². The number of carbonyl (C=O) groups excluding carboxylic acids is 3. The Kier molecular flexibility index (Phi) is 5.04. The van der Waals surface area contributed by atoms with Gasteiger partial charge >= 0.3 is 5.97 Å². The topological polar surface area (TPSA) is 134 Å².